The molecule has 1 heterocycles. The molecule has 1 aliphatic carbocycles. The number of amides is 4. The lowest BCUT2D eigenvalue weighted by atomic mass is 9.80. The fourth-order valence-electron chi connectivity index (χ4n) is 6.28. The molecular weight excluding hydrogens is 614 g/mol. The Morgan fingerprint density at radius 2 is 1.54 bits per heavy atom. The van der Waals surface area contributed by atoms with Crippen LogP contribution in [0.25, 0.3) is 0 Å². The average Bonchev–Trinajstić information content (AvgIpc) is 3.01. The maximum atomic E-state index is 14.3. The lowest BCUT2D eigenvalue weighted by Gasteiger charge is -2.38. The van der Waals surface area contributed by atoms with Gasteiger partial charge in [-0.25, -0.2) is 8.78 Å². The van der Waals surface area contributed by atoms with Crippen LogP contribution in [0, 0.1) is 11.6 Å². The Kier molecular flexibility index (Phi) is 10.7. The lowest BCUT2D eigenvalue weighted by Crippen LogP contribution is -2.63. The van der Waals surface area contributed by atoms with Crippen LogP contribution < -0.4 is 16.0 Å². The fourth-order valence-corrected chi connectivity index (χ4v) is 6.49. The molecule has 1 fully saturated rings. The second-order valence-corrected chi connectivity index (χ2v) is 12.5. The van der Waals surface area contributed by atoms with Gasteiger partial charge in [-0.3, -0.25) is 19.2 Å². The molecular formula is C35H37ClF2N4O4. The molecule has 1 saturated carbocycles. The molecule has 0 saturated heterocycles. The predicted octanol–water partition coefficient (Wildman–Crippen LogP) is 4.41. The lowest BCUT2D eigenvalue weighted by molar-refractivity contribution is -0.142. The summed E-state index contributed by atoms with van der Waals surface area (Å²) in [5.41, 5.74) is 1.22. The highest BCUT2D eigenvalue weighted by molar-refractivity contribution is 6.30. The van der Waals surface area contributed by atoms with E-state index in [9.17, 15) is 28.0 Å². The van der Waals surface area contributed by atoms with Crippen LogP contribution in [0.15, 0.2) is 66.7 Å². The van der Waals surface area contributed by atoms with Gasteiger partial charge in [0.2, 0.25) is 23.6 Å². The van der Waals surface area contributed by atoms with Gasteiger partial charge in [-0.15, -0.1) is 0 Å². The third kappa shape index (κ3) is 8.48. The number of hydrogen-bond donors (Lipinski definition) is 3. The third-order valence-corrected chi connectivity index (χ3v) is 8.87. The van der Waals surface area contributed by atoms with Gasteiger partial charge >= 0.3 is 0 Å². The molecule has 1 atom stereocenters. The van der Waals surface area contributed by atoms with Crippen molar-refractivity contribution in [1.82, 2.24) is 20.9 Å². The van der Waals surface area contributed by atoms with Crippen LogP contribution in [-0.2, 0) is 45.0 Å². The smallest absolute Gasteiger partial charge is 0.246 e. The second-order valence-electron chi connectivity index (χ2n) is 12.1. The van der Waals surface area contributed by atoms with E-state index in [0.717, 1.165) is 30.9 Å². The van der Waals surface area contributed by atoms with Gasteiger partial charge in [0.25, 0.3) is 0 Å². The summed E-state index contributed by atoms with van der Waals surface area (Å²) >= 11 is 6.24. The molecule has 0 aromatic heterocycles. The first-order valence-corrected chi connectivity index (χ1v) is 15.9. The first kappa shape index (κ1) is 33.1. The van der Waals surface area contributed by atoms with Crippen molar-refractivity contribution in [1.29, 1.82) is 0 Å². The van der Waals surface area contributed by atoms with Gasteiger partial charge in [0.05, 0.1) is 13.0 Å². The second kappa shape index (κ2) is 14.9. The highest BCUT2D eigenvalue weighted by atomic mass is 35.5. The maximum absolute atomic E-state index is 14.3. The van der Waals surface area contributed by atoms with Crippen molar-refractivity contribution in [2.45, 2.75) is 69.5 Å². The van der Waals surface area contributed by atoms with Crippen LogP contribution in [-0.4, -0.2) is 53.2 Å². The number of nitrogens with zero attached hydrogens (tertiary/aromatic N) is 1. The summed E-state index contributed by atoms with van der Waals surface area (Å²) < 4.78 is 27.9. The Labute approximate surface area is 271 Å². The van der Waals surface area contributed by atoms with Crippen LogP contribution >= 0.6 is 11.6 Å². The van der Waals surface area contributed by atoms with Crippen LogP contribution in [0.4, 0.5) is 8.78 Å². The molecule has 0 unspecified atom stereocenters. The normalized spacial score (nSPS) is 19.4. The van der Waals surface area contributed by atoms with Gasteiger partial charge < -0.3 is 20.9 Å². The number of carbonyl (C=O) groups is 4. The molecule has 8 nitrogen and oxygen atoms in total. The molecule has 2 aliphatic rings. The zero-order valence-corrected chi connectivity index (χ0v) is 26.2. The highest BCUT2D eigenvalue weighted by Crippen LogP contribution is 2.29. The summed E-state index contributed by atoms with van der Waals surface area (Å²) in [6.45, 7) is -0.285. The van der Waals surface area contributed by atoms with E-state index in [1.165, 1.54) is 17.0 Å². The van der Waals surface area contributed by atoms with Crippen LogP contribution in [0.5, 0.6) is 0 Å². The van der Waals surface area contributed by atoms with Crippen molar-refractivity contribution in [3.8, 4) is 0 Å². The van der Waals surface area contributed by atoms with E-state index in [2.05, 4.69) is 16.0 Å². The first-order valence-electron chi connectivity index (χ1n) is 15.5. The molecule has 3 N–H and O–H groups in total. The molecule has 46 heavy (non-hydrogen) atoms. The highest BCUT2D eigenvalue weighted by Gasteiger charge is 2.43. The molecule has 0 radical (unpaired) electrons. The summed E-state index contributed by atoms with van der Waals surface area (Å²) in [6.07, 6.45) is 3.35. The quantitative estimate of drug-likeness (QED) is 0.380. The minimum atomic E-state index is -1.21. The van der Waals surface area contributed by atoms with E-state index in [0.29, 0.717) is 34.6 Å². The van der Waals surface area contributed by atoms with E-state index >= 15 is 0 Å². The molecule has 4 amide bonds. The van der Waals surface area contributed by atoms with Crippen molar-refractivity contribution in [2.24, 2.45) is 0 Å². The van der Waals surface area contributed by atoms with Gasteiger partial charge in [-0.05, 0) is 65.8 Å². The molecule has 1 aliphatic heterocycles. The fraction of sp³-hybridized carbons (Fsp3) is 0.371. The van der Waals surface area contributed by atoms with Crippen molar-refractivity contribution in [3.05, 3.63) is 106 Å². The molecule has 5 rings (SSSR count). The number of nitrogens with one attached hydrogen (secondary N) is 3. The maximum Gasteiger partial charge on any atom is 0.246 e. The Morgan fingerprint density at radius 3 is 2.26 bits per heavy atom. The Morgan fingerprint density at radius 1 is 0.826 bits per heavy atom. The molecule has 0 bridgehead atoms. The SMILES string of the molecule is O=C1CN(CCc2cc(F)cc(F)c2)C(=O)[C@H](Cc2cccc(Cl)c2)NC(=O)C2(CCCCC2)NC(=O)Cc2ccccc2CN1. The number of hydrogen-bond acceptors (Lipinski definition) is 4. The number of carbonyl (C=O) groups excluding carboxylic acids is 4. The van der Waals surface area contributed by atoms with Crippen molar-refractivity contribution >= 4 is 35.2 Å². The predicted molar refractivity (Wildman–Crippen MR) is 170 cm³/mol. The van der Waals surface area contributed by atoms with Crippen molar-refractivity contribution in [2.75, 3.05) is 13.1 Å². The van der Waals surface area contributed by atoms with Crippen molar-refractivity contribution in [3.63, 3.8) is 0 Å². The summed E-state index contributed by atoms with van der Waals surface area (Å²) in [7, 11) is 0. The van der Waals surface area contributed by atoms with Gasteiger partial charge in [0.1, 0.15) is 23.2 Å². The molecule has 242 valence electrons. The summed E-state index contributed by atoms with van der Waals surface area (Å²) in [5, 5.41) is 9.24. The Balaban J connectivity index is 1.52. The number of halogens is 3. The van der Waals surface area contributed by atoms with Crippen LogP contribution in [0.1, 0.15) is 54.4 Å². The molecule has 3 aromatic carbocycles. The van der Waals surface area contributed by atoms with Gasteiger partial charge in [-0.1, -0.05) is 67.3 Å². The van der Waals surface area contributed by atoms with E-state index in [1.807, 2.05) is 18.2 Å². The van der Waals surface area contributed by atoms with E-state index in [4.69, 9.17) is 11.6 Å². The molecule has 11 heteroatoms. The van der Waals surface area contributed by atoms with E-state index < -0.39 is 40.9 Å². The zero-order chi connectivity index (χ0) is 32.7. The number of rotatable bonds is 5. The van der Waals surface area contributed by atoms with Crippen LogP contribution in [0.2, 0.25) is 5.02 Å². The zero-order valence-electron chi connectivity index (χ0n) is 25.4. The molecule has 3 aromatic rings. The Hall–Kier alpha value is -4.31. The summed E-state index contributed by atoms with van der Waals surface area (Å²) in [6, 6.07) is 16.1. The minimum absolute atomic E-state index is 0.0161. The molecule has 1 spiro atoms. The van der Waals surface area contributed by atoms with Crippen molar-refractivity contribution < 1.29 is 28.0 Å². The first-order chi connectivity index (χ1) is 22.1. The standard InChI is InChI=1S/C35H37ClF2N4O4/c36-27-10-6-7-23(15-27)18-30-33(45)42(14-11-24-16-28(37)20-29(38)17-24)22-32(44)39-21-26-9-3-2-8-25(26)19-31(43)41-35(34(46)40-30)12-4-1-5-13-35/h2-3,6-10,15-17,20,30H,1,4-5,11-14,18-19,21-22H2,(H,39,44)(H,40,46)(H,41,43)/t30-/m0/s1. The topological polar surface area (TPSA) is 108 Å². The largest absolute Gasteiger partial charge is 0.350 e. The van der Waals surface area contributed by atoms with E-state index in [-0.39, 0.29) is 44.8 Å². The average molecular weight is 651 g/mol. The monoisotopic (exact) mass is 650 g/mol. The van der Waals surface area contributed by atoms with Gasteiger partial charge in [0, 0.05) is 30.6 Å². The van der Waals surface area contributed by atoms with Gasteiger partial charge in [-0.2, -0.15) is 0 Å². The van der Waals surface area contributed by atoms with Crippen LogP contribution in [0.3, 0.4) is 0 Å². The summed E-state index contributed by atoms with van der Waals surface area (Å²) in [5.74, 6) is -3.31. The number of fused-ring (bicyclic) bond motifs is 1. The minimum Gasteiger partial charge on any atom is -0.350 e. The number of benzene rings is 3. The van der Waals surface area contributed by atoms with Gasteiger partial charge in [0.15, 0.2) is 0 Å². The third-order valence-electron chi connectivity index (χ3n) is 8.64. The van der Waals surface area contributed by atoms with E-state index in [1.54, 1.807) is 30.3 Å². The summed E-state index contributed by atoms with van der Waals surface area (Å²) in [4.78, 5) is 56.5. The Bertz CT molecular complexity index is 1590.